The van der Waals surface area contributed by atoms with E-state index in [0.717, 1.165) is 34.0 Å². The molecule has 0 unspecified atom stereocenters. The van der Waals surface area contributed by atoms with Crippen molar-refractivity contribution in [3.05, 3.63) is 75.7 Å². The molecule has 0 saturated carbocycles. The Balaban J connectivity index is 0.00000241. The second-order valence-electron chi connectivity index (χ2n) is 7.55. The quantitative estimate of drug-likeness (QED) is 0.182. The normalized spacial score (nSPS) is 14.8. The van der Waals surface area contributed by atoms with Gasteiger partial charge < -0.3 is 9.11 Å². The average molecular weight is 562 g/mol. The van der Waals surface area contributed by atoms with Crippen LogP contribution in [0.5, 0.6) is 0 Å². The summed E-state index contributed by atoms with van der Waals surface area (Å²) in [6, 6.07) is 9.41. The van der Waals surface area contributed by atoms with Crippen LogP contribution in [-0.2, 0) is 25.0 Å². The minimum atomic E-state index is -4.65. The molecule has 1 amide bonds. The number of anilines is 1. The largest absolute Gasteiger partial charge is 1.00 e. The molecule has 0 atom stereocenters. The van der Waals surface area contributed by atoms with Gasteiger partial charge in [-0.2, -0.15) is 10.1 Å². The van der Waals surface area contributed by atoms with Crippen molar-refractivity contribution in [1.82, 2.24) is 9.78 Å². The maximum atomic E-state index is 13.0. The summed E-state index contributed by atoms with van der Waals surface area (Å²) in [5.74, 6) is -0.572. The number of aryl methyl sites for hydroxylation is 1. The van der Waals surface area contributed by atoms with Crippen molar-refractivity contribution in [2.75, 3.05) is 5.01 Å². The van der Waals surface area contributed by atoms with Gasteiger partial charge in [0, 0.05) is 5.69 Å². The summed E-state index contributed by atoms with van der Waals surface area (Å²) in [5.41, 5.74) is 0.939. The van der Waals surface area contributed by atoms with Gasteiger partial charge in [0.25, 0.3) is 11.5 Å². The van der Waals surface area contributed by atoms with Gasteiger partial charge in [-0.05, 0) is 68.5 Å². The number of amides is 1. The van der Waals surface area contributed by atoms with Crippen LogP contribution in [0.15, 0.2) is 73.8 Å². The summed E-state index contributed by atoms with van der Waals surface area (Å²) in [5, 5.41) is 8.02. The molecular formula is C21H16N4Na2O8S2. The fraction of sp³-hybridized carbons (Fsp3) is 0.0952. The molecule has 1 aliphatic rings. The molecule has 0 bridgehead atoms. The number of benzene rings is 2. The molecule has 12 nitrogen and oxygen atoms in total. The summed E-state index contributed by atoms with van der Waals surface area (Å²) in [6.45, 7) is 3.16. The van der Waals surface area contributed by atoms with E-state index in [9.17, 15) is 35.5 Å². The molecular weight excluding hydrogens is 546 g/mol. The van der Waals surface area contributed by atoms with E-state index in [1.54, 1.807) is 13.8 Å². The fourth-order valence-electron chi connectivity index (χ4n) is 3.43. The van der Waals surface area contributed by atoms with Gasteiger partial charge in [-0.1, -0.05) is 0 Å². The number of hydrazone groups is 1. The number of carbonyl (C=O) groups excluding carboxylic acids is 1. The summed E-state index contributed by atoms with van der Waals surface area (Å²) in [6.07, 6.45) is 1.36. The third-order valence-electron chi connectivity index (χ3n) is 5.22. The Labute approximate surface area is 256 Å². The number of aromatic amines is 1. The Bertz CT molecular complexity index is 1690. The first-order chi connectivity index (χ1) is 16.3. The molecule has 0 radical (unpaired) electrons. The van der Waals surface area contributed by atoms with E-state index in [-0.39, 0.29) is 81.6 Å². The van der Waals surface area contributed by atoms with Crippen LogP contribution >= 0.6 is 0 Å². The molecule has 1 N–H and O–H groups in total. The van der Waals surface area contributed by atoms with E-state index >= 15 is 0 Å². The second kappa shape index (κ2) is 11.5. The Morgan fingerprint density at radius 3 is 1.73 bits per heavy atom. The van der Waals surface area contributed by atoms with Crippen LogP contribution in [0.4, 0.5) is 5.69 Å². The number of H-pyrrole nitrogens is 1. The maximum absolute atomic E-state index is 13.0. The van der Waals surface area contributed by atoms with Gasteiger partial charge in [0.1, 0.15) is 20.2 Å². The molecule has 2 heterocycles. The Morgan fingerprint density at radius 2 is 1.27 bits per heavy atom. The number of aromatic nitrogens is 2. The van der Waals surface area contributed by atoms with Crippen LogP contribution in [0.3, 0.4) is 0 Å². The first-order valence-corrected chi connectivity index (χ1v) is 12.6. The summed E-state index contributed by atoms with van der Waals surface area (Å²) in [4.78, 5) is 25.1. The summed E-state index contributed by atoms with van der Waals surface area (Å²) in [7, 11) is -9.28. The Kier molecular flexibility index (Phi) is 9.74. The molecule has 0 aliphatic carbocycles. The van der Waals surface area contributed by atoms with Gasteiger partial charge in [0.05, 0.1) is 38.0 Å². The van der Waals surface area contributed by atoms with E-state index in [1.807, 2.05) is 0 Å². The summed E-state index contributed by atoms with van der Waals surface area (Å²) >= 11 is 0. The van der Waals surface area contributed by atoms with E-state index in [4.69, 9.17) is 0 Å². The van der Waals surface area contributed by atoms with Gasteiger partial charge in [-0.25, -0.2) is 21.5 Å². The average Bonchev–Trinajstić information content (AvgIpc) is 3.23. The fourth-order valence-corrected chi connectivity index (χ4v) is 4.37. The maximum Gasteiger partial charge on any atom is 1.00 e. The molecule has 1 aromatic heterocycles. The smallest absolute Gasteiger partial charge is 0.744 e. The van der Waals surface area contributed by atoms with Gasteiger partial charge in [-0.3, -0.25) is 14.7 Å². The molecule has 182 valence electrons. The van der Waals surface area contributed by atoms with Crippen LogP contribution < -0.4 is 69.7 Å². The van der Waals surface area contributed by atoms with Crippen molar-refractivity contribution in [2.45, 2.75) is 23.6 Å². The van der Waals surface area contributed by atoms with Crippen LogP contribution in [0, 0.1) is 6.92 Å². The van der Waals surface area contributed by atoms with Gasteiger partial charge in [-0.15, -0.1) is 0 Å². The molecule has 4 rings (SSSR count). The zero-order chi connectivity index (χ0) is 25.7. The van der Waals surface area contributed by atoms with Gasteiger partial charge >= 0.3 is 59.1 Å². The predicted molar refractivity (Wildman–Crippen MR) is 122 cm³/mol. The van der Waals surface area contributed by atoms with E-state index in [2.05, 4.69) is 10.2 Å². The topological polar surface area (TPSA) is 185 Å². The van der Waals surface area contributed by atoms with Crippen LogP contribution in [0.1, 0.15) is 18.2 Å². The zero-order valence-corrected chi connectivity index (χ0v) is 25.8. The first kappa shape index (κ1) is 31.4. The number of nitrogens with one attached hydrogen (secondary N) is 1. The van der Waals surface area contributed by atoms with Crippen LogP contribution in [-0.4, -0.2) is 47.3 Å². The summed E-state index contributed by atoms with van der Waals surface area (Å²) < 4.78 is 67.9. The van der Waals surface area contributed by atoms with Crippen molar-refractivity contribution in [2.24, 2.45) is 5.10 Å². The molecule has 0 fully saturated rings. The zero-order valence-electron chi connectivity index (χ0n) is 20.1. The van der Waals surface area contributed by atoms with E-state index in [1.165, 1.54) is 30.3 Å². The number of rotatable bonds is 5. The number of hydrogen-bond acceptors (Lipinski definition) is 9. The Hall–Kier alpha value is -1.85. The molecule has 2 aromatic carbocycles. The van der Waals surface area contributed by atoms with Crippen molar-refractivity contribution in [3.63, 3.8) is 0 Å². The van der Waals surface area contributed by atoms with Gasteiger partial charge in [0.2, 0.25) is 0 Å². The third kappa shape index (κ3) is 6.42. The first-order valence-electron chi connectivity index (χ1n) is 9.83. The molecule has 0 saturated heterocycles. The number of hydrogen-bond donors (Lipinski definition) is 1. The Morgan fingerprint density at radius 1 is 0.811 bits per heavy atom. The molecule has 16 heteroatoms. The second-order valence-corrected chi connectivity index (χ2v) is 10.3. The van der Waals surface area contributed by atoms with E-state index in [0.29, 0.717) is 11.4 Å². The molecule has 0 spiro atoms. The molecule has 37 heavy (non-hydrogen) atoms. The van der Waals surface area contributed by atoms with Crippen LogP contribution in [0.2, 0.25) is 0 Å². The SMILES string of the molecule is CC1=NN(c2ccc(S(=O)(=O)[O-])cc2)C(=O)/C1=C/c1c(C)[nH]n(-c2ccc(S(=O)(=O)[O-])cc2)c1=O.[Na+].[Na+]. The van der Waals surface area contributed by atoms with Crippen molar-refractivity contribution in [3.8, 4) is 5.69 Å². The van der Waals surface area contributed by atoms with Crippen molar-refractivity contribution in [1.29, 1.82) is 0 Å². The van der Waals surface area contributed by atoms with Crippen molar-refractivity contribution >= 4 is 43.6 Å². The number of carbonyl (C=O) groups is 1. The minimum Gasteiger partial charge on any atom is -0.744 e. The minimum absolute atomic E-state index is 0. The molecule has 1 aliphatic heterocycles. The third-order valence-corrected chi connectivity index (χ3v) is 6.92. The molecule has 3 aromatic rings. The monoisotopic (exact) mass is 562 g/mol. The van der Waals surface area contributed by atoms with Crippen molar-refractivity contribution < 1.29 is 89.9 Å². The standard InChI is InChI=1S/C21H18N4O8S2.2Na/c1-12-18(20(26)24(22-12)14-3-7-16(8-4-14)34(28,29)30)11-19-13(2)23-25(21(19)27)15-5-9-17(10-6-15)35(31,32)33;;/h3-11,22H,1-2H3,(H,28,29,30)(H,31,32,33);;/q;2*+1/p-2/b19-11+;;. The van der Waals surface area contributed by atoms with E-state index < -0.39 is 41.5 Å². The van der Waals surface area contributed by atoms with Gasteiger partial charge in [0.15, 0.2) is 0 Å². The predicted octanol–water partition coefficient (Wildman–Crippen LogP) is -4.90. The van der Waals surface area contributed by atoms with Crippen LogP contribution in [0.25, 0.3) is 11.8 Å². The number of nitrogens with zero attached hydrogens (tertiary/aromatic N) is 3.